The van der Waals surface area contributed by atoms with E-state index >= 15 is 0 Å². The molecule has 0 atom stereocenters. The summed E-state index contributed by atoms with van der Waals surface area (Å²) in [6.07, 6.45) is 1.54. The third-order valence-electron chi connectivity index (χ3n) is 0.967. The Morgan fingerprint density at radius 3 is 2.56 bits per heavy atom. The SMILES string of the molecule is Cc1cnc(B(O)O)[nH]1. The van der Waals surface area contributed by atoms with Gasteiger partial charge < -0.3 is 15.0 Å². The average Bonchev–Trinajstić information content (AvgIpc) is 2.14. The first-order valence-corrected chi connectivity index (χ1v) is 2.58. The van der Waals surface area contributed by atoms with Crippen molar-refractivity contribution in [3.63, 3.8) is 0 Å². The Bertz CT molecular complexity index is 198. The van der Waals surface area contributed by atoms with Crippen molar-refractivity contribution in [3.8, 4) is 0 Å². The number of hydrogen-bond donors (Lipinski definition) is 3. The molecule has 1 rings (SSSR count). The van der Waals surface area contributed by atoms with E-state index in [1.165, 1.54) is 6.20 Å². The van der Waals surface area contributed by atoms with E-state index in [9.17, 15) is 0 Å². The van der Waals surface area contributed by atoms with Gasteiger partial charge >= 0.3 is 7.12 Å². The third kappa shape index (κ3) is 1.31. The quantitative estimate of drug-likeness (QED) is 0.397. The number of nitrogens with one attached hydrogen (secondary N) is 1. The van der Waals surface area contributed by atoms with E-state index in [2.05, 4.69) is 9.97 Å². The standard InChI is InChI=1S/C4H7BN2O2/c1-3-2-6-4(7-3)5(8)9/h2,8-9H,1H3,(H,6,7). The summed E-state index contributed by atoms with van der Waals surface area (Å²) in [6, 6.07) is 0. The van der Waals surface area contributed by atoms with Crippen LogP contribution in [-0.4, -0.2) is 27.1 Å². The van der Waals surface area contributed by atoms with Crippen molar-refractivity contribution in [2.24, 2.45) is 0 Å². The minimum atomic E-state index is -1.49. The fourth-order valence-corrected chi connectivity index (χ4v) is 0.564. The highest BCUT2D eigenvalue weighted by Crippen LogP contribution is 1.82. The van der Waals surface area contributed by atoms with E-state index in [0.29, 0.717) is 0 Å². The largest absolute Gasteiger partial charge is 0.526 e. The number of rotatable bonds is 1. The zero-order valence-electron chi connectivity index (χ0n) is 5.00. The number of aromatic amines is 1. The molecule has 1 aromatic heterocycles. The Balaban J connectivity index is 2.85. The molecule has 0 amide bonds. The maximum absolute atomic E-state index is 8.50. The number of hydrogen-bond acceptors (Lipinski definition) is 3. The van der Waals surface area contributed by atoms with Crippen molar-refractivity contribution >= 4 is 12.8 Å². The van der Waals surface area contributed by atoms with E-state index in [1.807, 2.05) is 0 Å². The first-order chi connectivity index (χ1) is 4.20. The molecule has 0 aliphatic rings. The topological polar surface area (TPSA) is 69.1 Å². The lowest BCUT2D eigenvalue weighted by molar-refractivity contribution is 0.423. The van der Waals surface area contributed by atoms with Crippen LogP contribution in [-0.2, 0) is 0 Å². The van der Waals surface area contributed by atoms with Gasteiger partial charge in [-0.05, 0) is 6.92 Å². The summed E-state index contributed by atoms with van der Waals surface area (Å²) in [7, 11) is -1.49. The van der Waals surface area contributed by atoms with Crippen LogP contribution in [0.1, 0.15) is 5.69 Å². The number of H-pyrrole nitrogens is 1. The summed E-state index contributed by atoms with van der Waals surface area (Å²) < 4.78 is 0. The fraction of sp³-hybridized carbons (Fsp3) is 0.250. The van der Waals surface area contributed by atoms with Crippen LogP contribution in [0.3, 0.4) is 0 Å². The van der Waals surface area contributed by atoms with Gasteiger partial charge in [0, 0.05) is 11.9 Å². The molecule has 1 aromatic rings. The van der Waals surface area contributed by atoms with Crippen molar-refractivity contribution in [2.75, 3.05) is 0 Å². The fourth-order valence-electron chi connectivity index (χ4n) is 0.564. The van der Waals surface area contributed by atoms with Crippen molar-refractivity contribution in [3.05, 3.63) is 11.9 Å². The third-order valence-corrected chi connectivity index (χ3v) is 0.967. The molecule has 0 aliphatic heterocycles. The molecule has 9 heavy (non-hydrogen) atoms. The second-order valence-electron chi connectivity index (χ2n) is 1.83. The predicted molar refractivity (Wildman–Crippen MR) is 33.2 cm³/mol. The van der Waals surface area contributed by atoms with Gasteiger partial charge in [-0.25, -0.2) is 4.98 Å². The molecule has 0 saturated carbocycles. The molecule has 3 N–H and O–H groups in total. The van der Waals surface area contributed by atoms with Gasteiger partial charge in [0.25, 0.3) is 0 Å². The summed E-state index contributed by atoms with van der Waals surface area (Å²) in [5.41, 5.74) is 1.01. The van der Waals surface area contributed by atoms with E-state index in [-0.39, 0.29) is 5.72 Å². The summed E-state index contributed by atoms with van der Waals surface area (Å²) in [4.78, 5) is 6.32. The second-order valence-corrected chi connectivity index (χ2v) is 1.83. The van der Waals surface area contributed by atoms with Gasteiger partial charge in [-0.15, -0.1) is 0 Å². The Morgan fingerprint density at radius 1 is 1.67 bits per heavy atom. The van der Waals surface area contributed by atoms with Crippen LogP contribution in [0.4, 0.5) is 0 Å². The van der Waals surface area contributed by atoms with Crippen molar-refractivity contribution in [1.29, 1.82) is 0 Å². The molecule has 0 radical (unpaired) electrons. The summed E-state index contributed by atoms with van der Waals surface area (Å²) >= 11 is 0. The number of imidazole rings is 1. The second kappa shape index (κ2) is 2.20. The number of aryl methyl sites for hydroxylation is 1. The highest BCUT2D eigenvalue weighted by molar-refractivity contribution is 6.56. The minimum Gasteiger partial charge on any atom is -0.421 e. The van der Waals surface area contributed by atoms with Crippen LogP contribution in [0.25, 0.3) is 0 Å². The Hall–Kier alpha value is -0.805. The van der Waals surface area contributed by atoms with Gasteiger partial charge in [0.15, 0.2) is 0 Å². The highest BCUT2D eigenvalue weighted by atomic mass is 16.4. The van der Waals surface area contributed by atoms with Gasteiger partial charge in [0.05, 0.1) is 0 Å². The molecule has 4 nitrogen and oxygen atoms in total. The molecular formula is C4H7BN2O2. The predicted octanol–water partition coefficient (Wildman–Crippen LogP) is -1.60. The van der Waals surface area contributed by atoms with E-state index in [0.717, 1.165) is 5.69 Å². The first kappa shape index (κ1) is 6.32. The zero-order valence-corrected chi connectivity index (χ0v) is 5.00. The lowest BCUT2D eigenvalue weighted by atomic mass is 9.91. The van der Waals surface area contributed by atoms with Crippen LogP contribution >= 0.6 is 0 Å². The van der Waals surface area contributed by atoms with Crippen molar-refractivity contribution in [1.82, 2.24) is 9.97 Å². The molecular weight excluding hydrogens is 119 g/mol. The van der Waals surface area contributed by atoms with E-state index in [4.69, 9.17) is 10.0 Å². The van der Waals surface area contributed by atoms with Crippen LogP contribution in [0, 0.1) is 6.92 Å². The Morgan fingerprint density at radius 2 is 2.33 bits per heavy atom. The summed E-state index contributed by atoms with van der Waals surface area (Å²) in [6.45, 7) is 1.79. The molecule has 0 fully saturated rings. The molecule has 0 aromatic carbocycles. The maximum atomic E-state index is 8.50. The van der Waals surface area contributed by atoms with Gasteiger partial charge in [0.2, 0.25) is 0 Å². The summed E-state index contributed by atoms with van der Waals surface area (Å²) in [5.74, 6) is 0. The van der Waals surface area contributed by atoms with Crippen LogP contribution < -0.4 is 5.72 Å². The summed E-state index contributed by atoms with van der Waals surface area (Å²) in [5, 5.41) is 17.0. The Labute approximate surface area is 52.7 Å². The van der Waals surface area contributed by atoms with Crippen molar-refractivity contribution in [2.45, 2.75) is 6.92 Å². The lowest BCUT2D eigenvalue weighted by Gasteiger charge is -1.88. The smallest absolute Gasteiger partial charge is 0.421 e. The average molecular weight is 126 g/mol. The molecule has 0 bridgehead atoms. The lowest BCUT2D eigenvalue weighted by Crippen LogP contribution is -2.33. The molecule has 48 valence electrons. The molecule has 0 spiro atoms. The van der Waals surface area contributed by atoms with E-state index in [1.54, 1.807) is 6.92 Å². The molecule has 0 unspecified atom stereocenters. The number of nitrogens with zero attached hydrogens (tertiary/aromatic N) is 1. The Kier molecular flexibility index (Phi) is 1.55. The molecule has 0 saturated heterocycles. The van der Waals surface area contributed by atoms with Gasteiger partial charge in [-0.2, -0.15) is 0 Å². The maximum Gasteiger partial charge on any atom is 0.526 e. The van der Waals surface area contributed by atoms with E-state index < -0.39 is 7.12 Å². The van der Waals surface area contributed by atoms with Crippen LogP contribution in [0.15, 0.2) is 6.20 Å². The molecule has 0 aliphatic carbocycles. The van der Waals surface area contributed by atoms with Gasteiger partial charge in [-0.1, -0.05) is 0 Å². The normalized spacial score (nSPS) is 9.67. The highest BCUT2D eigenvalue weighted by Gasteiger charge is 2.13. The van der Waals surface area contributed by atoms with Crippen molar-refractivity contribution < 1.29 is 10.0 Å². The first-order valence-electron chi connectivity index (χ1n) is 2.58. The van der Waals surface area contributed by atoms with Gasteiger partial charge in [0.1, 0.15) is 5.72 Å². The van der Waals surface area contributed by atoms with Crippen LogP contribution in [0.2, 0.25) is 0 Å². The zero-order chi connectivity index (χ0) is 6.85. The number of aromatic nitrogens is 2. The molecule has 1 heterocycles. The minimum absolute atomic E-state index is 0.188. The monoisotopic (exact) mass is 126 g/mol. The van der Waals surface area contributed by atoms with Gasteiger partial charge in [-0.3, -0.25) is 0 Å². The molecule has 5 heteroatoms. The van der Waals surface area contributed by atoms with Crippen LogP contribution in [0.5, 0.6) is 0 Å².